The first kappa shape index (κ1) is 28.0. The second-order valence-electron chi connectivity index (χ2n) is 8.76. The summed E-state index contributed by atoms with van der Waals surface area (Å²) in [6.07, 6.45) is 1.07. The second kappa shape index (κ2) is 12.6. The highest BCUT2D eigenvalue weighted by atomic mass is 35.5. The number of ether oxygens (including phenoxy) is 1. The first-order valence-corrected chi connectivity index (χ1v) is 12.3. The van der Waals surface area contributed by atoms with E-state index in [2.05, 4.69) is 15.8 Å². The number of hydrogen-bond acceptors (Lipinski definition) is 6. The van der Waals surface area contributed by atoms with Crippen molar-refractivity contribution in [3.05, 3.63) is 81.5 Å². The zero-order chi connectivity index (χ0) is 27.1. The number of benzene rings is 2. The molecule has 1 atom stereocenters. The number of hydrazone groups is 1. The molecule has 0 radical (unpaired) electrons. The Labute approximate surface area is 225 Å². The van der Waals surface area contributed by atoms with E-state index in [9.17, 15) is 14.4 Å². The number of furan rings is 1. The average molecular weight is 544 g/mol. The smallest absolute Gasteiger partial charge is 0.339 e. The van der Waals surface area contributed by atoms with Crippen molar-refractivity contribution in [3.8, 4) is 11.3 Å². The normalized spacial score (nSPS) is 12.1. The van der Waals surface area contributed by atoms with Crippen LogP contribution in [0.15, 0.2) is 64.1 Å². The molecule has 1 aromatic heterocycles. The Morgan fingerprint density at radius 2 is 1.70 bits per heavy atom. The predicted octanol–water partition coefficient (Wildman–Crippen LogP) is 5.72. The maximum absolute atomic E-state index is 12.7. The van der Waals surface area contributed by atoms with Crippen LogP contribution in [-0.2, 0) is 9.53 Å². The molecular weight excluding hydrogens is 517 g/mol. The molecule has 0 fully saturated rings. The van der Waals surface area contributed by atoms with Crippen LogP contribution in [0.5, 0.6) is 0 Å². The summed E-state index contributed by atoms with van der Waals surface area (Å²) in [5, 5.41) is 7.21. The summed E-state index contributed by atoms with van der Waals surface area (Å²) in [7, 11) is 0. The van der Waals surface area contributed by atoms with Gasteiger partial charge in [-0.3, -0.25) is 9.59 Å². The minimum absolute atomic E-state index is 0.179. The number of halogens is 2. The zero-order valence-corrected chi connectivity index (χ0v) is 22.3. The molecule has 8 nitrogen and oxygen atoms in total. The van der Waals surface area contributed by atoms with Crippen molar-refractivity contribution in [1.29, 1.82) is 0 Å². The first-order valence-electron chi connectivity index (χ1n) is 11.6. The van der Waals surface area contributed by atoms with Crippen molar-refractivity contribution < 1.29 is 23.5 Å². The third-order valence-corrected chi connectivity index (χ3v) is 5.71. The van der Waals surface area contributed by atoms with Crippen molar-refractivity contribution in [2.75, 3.05) is 0 Å². The molecule has 37 heavy (non-hydrogen) atoms. The van der Waals surface area contributed by atoms with Crippen LogP contribution in [0.2, 0.25) is 10.0 Å². The fraction of sp³-hybridized carbons (Fsp3) is 0.259. The number of carbonyl (C=O) groups is 3. The highest BCUT2D eigenvalue weighted by Gasteiger charge is 2.25. The largest absolute Gasteiger partial charge is 0.459 e. The quantitative estimate of drug-likeness (QED) is 0.203. The van der Waals surface area contributed by atoms with Crippen LogP contribution in [0.1, 0.15) is 54.2 Å². The number of carbonyl (C=O) groups excluding carboxylic acids is 3. The molecule has 194 valence electrons. The van der Waals surface area contributed by atoms with Crippen LogP contribution in [0, 0.1) is 5.92 Å². The third-order valence-electron chi connectivity index (χ3n) is 5.16. The van der Waals surface area contributed by atoms with Gasteiger partial charge in [0.25, 0.3) is 11.8 Å². The molecule has 0 saturated carbocycles. The van der Waals surface area contributed by atoms with E-state index in [-0.39, 0.29) is 22.6 Å². The Balaban J connectivity index is 1.68. The lowest BCUT2D eigenvalue weighted by molar-refractivity contribution is -0.123. The highest BCUT2D eigenvalue weighted by molar-refractivity contribution is 6.36. The minimum atomic E-state index is -0.873. The second-order valence-corrected chi connectivity index (χ2v) is 9.60. The number of rotatable bonds is 9. The monoisotopic (exact) mass is 543 g/mol. The van der Waals surface area contributed by atoms with Gasteiger partial charge >= 0.3 is 5.97 Å². The highest BCUT2D eigenvalue weighted by Crippen LogP contribution is 2.26. The Morgan fingerprint density at radius 1 is 0.973 bits per heavy atom. The van der Waals surface area contributed by atoms with Gasteiger partial charge in [-0.1, -0.05) is 55.2 Å². The molecule has 0 spiro atoms. The third kappa shape index (κ3) is 7.44. The first-order chi connectivity index (χ1) is 17.6. The van der Waals surface area contributed by atoms with Gasteiger partial charge in [-0.25, -0.2) is 10.2 Å². The fourth-order valence-corrected chi connectivity index (χ4v) is 3.87. The van der Waals surface area contributed by atoms with E-state index in [0.717, 1.165) is 0 Å². The topological polar surface area (TPSA) is 110 Å². The van der Waals surface area contributed by atoms with Gasteiger partial charge in [0.1, 0.15) is 17.6 Å². The summed E-state index contributed by atoms with van der Waals surface area (Å²) in [4.78, 5) is 37.8. The van der Waals surface area contributed by atoms with E-state index in [1.807, 2.05) is 0 Å². The van der Waals surface area contributed by atoms with E-state index < -0.39 is 23.8 Å². The van der Waals surface area contributed by atoms with Crippen LogP contribution in [0.3, 0.4) is 0 Å². The number of nitrogens with one attached hydrogen (secondary N) is 2. The lowest BCUT2D eigenvalue weighted by atomic mass is 10.0. The lowest BCUT2D eigenvalue weighted by Crippen LogP contribution is -2.48. The summed E-state index contributed by atoms with van der Waals surface area (Å²) >= 11 is 12.0. The minimum Gasteiger partial charge on any atom is -0.459 e. The van der Waals surface area contributed by atoms with Gasteiger partial charge in [0.2, 0.25) is 0 Å². The average Bonchev–Trinajstić information content (AvgIpc) is 3.30. The van der Waals surface area contributed by atoms with E-state index in [4.69, 9.17) is 32.4 Å². The maximum atomic E-state index is 12.7. The number of nitrogens with zero attached hydrogens (tertiary/aromatic N) is 1. The molecule has 1 unspecified atom stereocenters. The summed E-state index contributed by atoms with van der Waals surface area (Å²) in [5.74, 6) is -0.923. The van der Waals surface area contributed by atoms with E-state index >= 15 is 0 Å². The van der Waals surface area contributed by atoms with Crippen LogP contribution < -0.4 is 10.7 Å². The number of amides is 2. The Morgan fingerprint density at radius 3 is 2.38 bits per heavy atom. The van der Waals surface area contributed by atoms with Crippen LogP contribution in [0.25, 0.3) is 11.3 Å². The van der Waals surface area contributed by atoms with Crippen molar-refractivity contribution in [1.82, 2.24) is 10.7 Å². The molecular formula is C27H27Cl2N3O5. The molecule has 2 aromatic carbocycles. The molecule has 1 heterocycles. The molecule has 2 amide bonds. The summed E-state index contributed by atoms with van der Waals surface area (Å²) in [5.41, 5.74) is 3.57. The van der Waals surface area contributed by atoms with Crippen molar-refractivity contribution in [2.45, 2.75) is 39.8 Å². The van der Waals surface area contributed by atoms with Gasteiger partial charge in [-0.15, -0.1) is 0 Å². The molecule has 0 saturated heterocycles. The number of hydrogen-bond donors (Lipinski definition) is 2. The van der Waals surface area contributed by atoms with E-state index in [0.29, 0.717) is 27.7 Å². The molecule has 0 aliphatic rings. The van der Waals surface area contributed by atoms with Gasteiger partial charge in [0.05, 0.1) is 28.5 Å². The zero-order valence-electron chi connectivity index (χ0n) is 20.7. The molecule has 10 heteroatoms. The molecule has 2 N–H and O–H groups in total. The Bertz CT molecular complexity index is 1320. The molecule has 3 aromatic rings. The van der Waals surface area contributed by atoms with Gasteiger partial charge in [0.15, 0.2) is 0 Å². The molecule has 0 aliphatic heterocycles. The van der Waals surface area contributed by atoms with Crippen LogP contribution in [-0.4, -0.2) is 36.1 Å². The maximum Gasteiger partial charge on any atom is 0.339 e. The van der Waals surface area contributed by atoms with Crippen LogP contribution >= 0.6 is 23.2 Å². The summed E-state index contributed by atoms with van der Waals surface area (Å²) in [6, 6.07) is 13.9. The van der Waals surface area contributed by atoms with Crippen molar-refractivity contribution in [3.63, 3.8) is 0 Å². The molecule has 0 bridgehead atoms. The van der Waals surface area contributed by atoms with Gasteiger partial charge < -0.3 is 14.5 Å². The standard InChI is InChI=1S/C27H27Cl2N3O5/c1-15(2)24(31-25(33)21-11-9-17(28)13-22(21)29)26(34)32-30-14-18-10-12-23(37-18)19-7-5-6-8-20(19)27(35)36-16(3)4/h5-16,24H,1-4H3,(H,31,33)(H,32,34)/b30-14-. The summed E-state index contributed by atoms with van der Waals surface area (Å²) in [6.45, 7) is 7.13. The summed E-state index contributed by atoms with van der Waals surface area (Å²) < 4.78 is 11.1. The molecule has 3 rings (SSSR count). The lowest BCUT2D eigenvalue weighted by Gasteiger charge is -2.20. The fourth-order valence-electron chi connectivity index (χ4n) is 3.38. The van der Waals surface area contributed by atoms with Crippen molar-refractivity contribution in [2.24, 2.45) is 11.0 Å². The Kier molecular flexibility index (Phi) is 9.49. The molecule has 0 aliphatic carbocycles. The van der Waals surface area contributed by atoms with Crippen LogP contribution in [0.4, 0.5) is 0 Å². The number of esters is 1. The van der Waals surface area contributed by atoms with E-state index in [1.165, 1.54) is 18.3 Å². The predicted molar refractivity (Wildman–Crippen MR) is 143 cm³/mol. The van der Waals surface area contributed by atoms with Gasteiger partial charge in [-0.05, 0) is 56.2 Å². The SMILES string of the molecule is CC(C)OC(=O)c1ccccc1-c1ccc(/C=N\NC(=O)C(NC(=O)c2ccc(Cl)cc2Cl)C(C)C)o1. The van der Waals surface area contributed by atoms with Crippen molar-refractivity contribution >= 4 is 47.2 Å². The Hall–Kier alpha value is -3.62. The van der Waals surface area contributed by atoms with Gasteiger partial charge in [0, 0.05) is 10.6 Å². The van der Waals surface area contributed by atoms with Gasteiger partial charge in [-0.2, -0.15) is 5.10 Å². The van der Waals surface area contributed by atoms with E-state index in [1.54, 1.807) is 70.2 Å².